The van der Waals surface area contributed by atoms with E-state index in [0.29, 0.717) is 22.3 Å². The number of aryl methyl sites for hydroxylation is 1. The van der Waals surface area contributed by atoms with Gasteiger partial charge >= 0.3 is 0 Å². The Morgan fingerprint density at radius 1 is 1.20 bits per heavy atom. The summed E-state index contributed by atoms with van der Waals surface area (Å²) < 4.78 is 0. The van der Waals surface area contributed by atoms with E-state index in [1.807, 2.05) is 30.3 Å². The SMILES string of the molecule is Nc1nc(SCC(=O)Nc2sc3c(c2C(=O)NCc2ccccc2)CCCC3)n[nH]1. The monoisotopic (exact) mass is 442 g/mol. The molecule has 0 unspecified atom stereocenters. The summed E-state index contributed by atoms with van der Waals surface area (Å²) in [6, 6.07) is 9.77. The fraction of sp³-hybridized carbons (Fsp3) is 0.300. The molecule has 2 heterocycles. The molecule has 3 aromatic rings. The number of fused-ring (bicyclic) bond motifs is 1. The summed E-state index contributed by atoms with van der Waals surface area (Å²) in [5.41, 5.74) is 8.21. The van der Waals surface area contributed by atoms with Crippen LogP contribution in [-0.4, -0.2) is 32.7 Å². The van der Waals surface area contributed by atoms with Gasteiger partial charge in [0.05, 0.1) is 11.3 Å². The lowest BCUT2D eigenvalue weighted by Gasteiger charge is -2.13. The maximum atomic E-state index is 13.0. The molecular weight excluding hydrogens is 420 g/mol. The fourth-order valence-corrected chi connectivity index (χ4v) is 5.28. The molecule has 10 heteroatoms. The van der Waals surface area contributed by atoms with E-state index in [0.717, 1.165) is 36.8 Å². The second-order valence-electron chi connectivity index (χ2n) is 6.92. The average molecular weight is 443 g/mol. The number of benzene rings is 1. The number of rotatable bonds is 7. The summed E-state index contributed by atoms with van der Waals surface area (Å²) in [5, 5.41) is 13.4. The number of carbonyl (C=O) groups excluding carboxylic acids is 2. The number of hydrogen-bond donors (Lipinski definition) is 4. The van der Waals surface area contributed by atoms with Gasteiger partial charge in [0.1, 0.15) is 5.00 Å². The molecule has 0 bridgehead atoms. The van der Waals surface area contributed by atoms with E-state index in [1.54, 1.807) is 0 Å². The summed E-state index contributed by atoms with van der Waals surface area (Å²) in [7, 11) is 0. The quantitative estimate of drug-likeness (QED) is 0.417. The van der Waals surface area contributed by atoms with E-state index in [2.05, 4.69) is 25.8 Å². The summed E-state index contributed by atoms with van der Waals surface area (Å²) in [4.78, 5) is 30.7. The van der Waals surface area contributed by atoms with Crippen LogP contribution in [0.25, 0.3) is 0 Å². The van der Waals surface area contributed by atoms with Crippen LogP contribution < -0.4 is 16.4 Å². The van der Waals surface area contributed by atoms with Crippen LogP contribution in [-0.2, 0) is 24.2 Å². The highest BCUT2D eigenvalue weighted by molar-refractivity contribution is 7.99. The number of aromatic amines is 1. The van der Waals surface area contributed by atoms with Gasteiger partial charge in [-0.05, 0) is 36.8 Å². The number of thioether (sulfide) groups is 1. The molecule has 0 atom stereocenters. The number of nitrogens with zero attached hydrogens (tertiary/aromatic N) is 2. The Balaban J connectivity index is 1.47. The van der Waals surface area contributed by atoms with Gasteiger partial charge in [-0.1, -0.05) is 42.1 Å². The molecule has 0 spiro atoms. The molecule has 1 aliphatic carbocycles. The number of thiophene rings is 1. The van der Waals surface area contributed by atoms with E-state index in [1.165, 1.54) is 28.0 Å². The summed E-state index contributed by atoms with van der Waals surface area (Å²) in [6.07, 6.45) is 3.97. The molecular formula is C20H22N6O2S2. The van der Waals surface area contributed by atoms with E-state index >= 15 is 0 Å². The molecule has 1 aromatic carbocycles. The normalized spacial score (nSPS) is 12.9. The molecule has 2 amide bonds. The highest BCUT2D eigenvalue weighted by Gasteiger charge is 2.26. The third kappa shape index (κ3) is 4.82. The highest BCUT2D eigenvalue weighted by atomic mass is 32.2. The molecule has 0 radical (unpaired) electrons. The van der Waals surface area contributed by atoms with Crippen LogP contribution in [0.2, 0.25) is 0 Å². The third-order valence-corrected chi connectivity index (χ3v) is 6.82. The minimum atomic E-state index is -0.209. The van der Waals surface area contributed by atoms with Gasteiger partial charge in [0.25, 0.3) is 5.91 Å². The fourth-order valence-electron chi connectivity index (χ4n) is 3.38. The predicted octanol–water partition coefficient (Wildman–Crippen LogP) is 2.99. The topological polar surface area (TPSA) is 126 Å². The number of aromatic nitrogens is 3. The number of anilines is 2. The Morgan fingerprint density at radius 3 is 2.77 bits per heavy atom. The molecule has 0 saturated carbocycles. The second-order valence-corrected chi connectivity index (χ2v) is 8.97. The second kappa shape index (κ2) is 9.31. The number of amides is 2. The van der Waals surface area contributed by atoms with Crippen molar-refractivity contribution >= 4 is 45.9 Å². The average Bonchev–Trinajstić information content (AvgIpc) is 3.34. The first-order valence-electron chi connectivity index (χ1n) is 9.67. The zero-order valence-electron chi connectivity index (χ0n) is 16.2. The van der Waals surface area contributed by atoms with Crippen LogP contribution in [0.4, 0.5) is 10.9 Å². The molecule has 4 rings (SSSR count). The van der Waals surface area contributed by atoms with E-state index in [9.17, 15) is 9.59 Å². The van der Waals surface area contributed by atoms with Crippen molar-refractivity contribution in [2.24, 2.45) is 0 Å². The van der Waals surface area contributed by atoms with Gasteiger partial charge in [-0.15, -0.1) is 16.4 Å². The van der Waals surface area contributed by atoms with E-state index in [4.69, 9.17) is 5.73 Å². The van der Waals surface area contributed by atoms with Crippen molar-refractivity contribution in [3.63, 3.8) is 0 Å². The molecule has 0 aliphatic heterocycles. The lowest BCUT2D eigenvalue weighted by atomic mass is 9.95. The zero-order chi connectivity index (χ0) is 20.9. The maximum absolute atomic E-state index is 13.0. The number of nitrogens with two attached hydrogens (primary N) is 1. The van der Waals surface area contributed by atoms with Crippen molar-refractivity contribution in [1.82, 2.24) is 20.5 Å². The van der Waals surface area contributed by atoms with Gasteiger partial charge in [-0.25, -0.2) is 5.10 Å². The minimum absolute atomic E-state index is 0.130. The standard InChI is InChI=1S/C20H22N6O2S2/c21-19-24-20(26-25-19)29-11-15(27)23-18-16(13-8-4-5-9-14(13)30-18)17(28)22-10-12-6-2-1-3-7-12/h1-3,6-7H,4-5,8-11H2,(H,22,28)(H,23,27)(H3,21,24,25,26). The smallest absolute Gasteiger partial charge is 0.254 e. The molecule has 5 N–H and O–H groups in total. The Hall–Kier alpha value is -2.85. The number of H-pyrrole nitrogens is 1. The van der Waals surface area contributed by atoms with E-state index in [-0.39, 0.29) is 23.5 Å². The Kier molecular flexibility index (Phi) is 6.34. The van der Waals surface area contributed by atoms with Gasteiger partial charge in [-0.3, -0.25) is 9.59 Å². The molecule has 0 fully saturated rings. The molecule has 1 aliphatic rings. The van der Waals surface area contributed by atoms with Crippen LogP contribution in [0, 0.1) is 0 Å². The van der Waals surface area contributed by atoms with E-state index < -0.39 is 0 Å². The van der Waals surface area contributed by atoms with Crippen LogP contribution in [0.3, 0.4) is 0 Å². The largest absolute Gasteiger partial charge is 0.368 e. The van der Waals surface area contributed by atoms with Gasteiger partial charge in [0.15, 0.2) is 0 Å². The van der Waals surface area contributed by atoms with Crippen molar-refractivity contribution in [3.05, 3.63) is 51.9 Å². The predicted molar refractivity (Wildman–Crippen MR) is 119 cm³/mol. The van der Waals surface area contributed by atoms with Crippen LogP contribution >= 0.6 is 23.1 Å². The van der Waals surface area contributed by atoms with Crippen molar-refractivity contribution in [1.29, 1.82) is 0 Å². The highest BCUT2D eigenvalue weighted by Crippen LogP contribution is 2.38. The van der Waals surface area contributed by atoms with Gasteiger partial charge in [0, 0.05) is 11.4 Å². The van der Waals surface area contributed by atoms with Gasteiger partial charge < -0.3 is 16.4 Å². The number of nitrogen functional groups attached to an aromatic ring is 1. The van der Waals surface area contributed by atoms with Crippen LogP contribution in [0.15, 0.2) is 35.5 Å². The van der Waals surface area contributed by atoms with Crippen molar-refractivity contribution in [2.45, 2.75) is 37.4 Å². The summed E-state index contributed by atoms with van der Waals surface area (Å²) >= 11 is 2.69. The Labute approximate surface area is 182 Å². The lowest BCUT2D eigenvalue weighted by molar-refractivity contribution is -0.113. The van der Waals surface area contributed by atoms with Crippen molar-refractivity contribution < 1.29 is 9.59 Å². The first-order chi connectivity index (χ1) is 14.6. The minimum Gasteiger partial charge on any atom is -0.368 e. The first-order valence-corrected chi connectivity index (χ1v) is 11.5. The van der Waals surface area contributed by atoms with Crippen LogP contribution in [0.5, 0.6) is 0 Å². The van der Waals surface area contributed by atoms with Crippen LogP contribution in [0.1, 0.15) is 39.2 Å². The maximum Gasteiger partial charge on any atom is 0.254 e. The number of carbonyl (C=O) groups is 2. The third-order valence-electron chi connectivity index (χ3n) is 4.76. The number of hydrogen-bond acceptors (Lipinski definition) is 7. The Bertz CT molecular complexity index is 1050. The summed E-state index contributed by atoms with van der Waals surface area (Å²) in [6.45, 7) is 0.444. The van der Waals surface area contributed by atoms with Crippen molar-refractivity contribution in [2.75, 3.05) is 16.8 Å². The summed E-state index contributed by atoms with van der Waals surface area (Å²) in [5.74, 6) is -0.0199. The first kappa shape index (κ1) is 20.4. The number of nitrogens with one attached hydrogen (secondary N) is 3. The van der Waals surface area contributed by atoms with Gasteiger partial charge in [0.2, 0.25) is 17.0 Å². The lowest BCUT2D eigenvalue weighted by Crippen LogP contribution is -2.25. The molecule has 8 nitrogen and oxygen atoms in total. The molecule has 2 aromatic heterocycles. The van der Waals surface area contributed by atoms with Crippen molar-refractivity contribution in [3.8, 4) is 0 Å². The van der Waals surface area contributed by atoms with Gasteiger partial charge in [-0.2, -0.15) is 4.98 Å². The molecule has 0 saturated heterocycles. The molecule has 156 valence electrons. The molecule has 30 heavy (non-hydrogen) atoms. The Morgan fingerprint density at radius 2 is 2.00 bits per heavy atom. The zero-order valence-corrected chi connectivity index (χ0v) is 17.9.